The second-order valence-corrected chi connectivity index (χ2v) is 7.71. The fourth-order valence-electron chi connectivity index (χ4n) is 2.71. The number of hydrogen-bond acceptors (Lipinski definition) is 3. The van der Waals surface area contributed by atoms with Crippen LogP contribution in [0.2, 0.25) is 0 Å². The van der Waals surface area contributed by atoms with Gasteiger partial charge in [-0.2, -0.15) is 11.8 Å². The lowest BCUT2D eigenvalue weighted by Gasteiger charge is -2.46. The van der Waals surface area contributed by atoms with Gasteiger partial charge in [0.1, 0.15) is 5.60 Å². The highest BCUT2D eigenvalue weighted by Gasteiger charge is 2.47. The smallest absolute Gasteiger partial charge is 0.105 e. The summed E-state index contributed by atoms with van der Waals surface area (Å²) in [5.74, 6) is 1.95. The van der Waals surface area contributed by atoms with Gasteiger partial charge in [-0.05, 0) is 34.4 Å². The van der Waals surface area contributed by atoms with E-state index in [1.54, 1.807) is 11.3 Å². The Balaban J connectivity index is 2.20. The van der Waals surface area contributed by atoms with Crippen molar-refractivity contribution in [3.05, 3.63) is 35.2 Å². The van der Waals surface area contributed by atoms with Crippen molar-refractivity contribution in [2.24, 2.45) is 5.41 Å². The monoisotopic (exact) mass is 278 g/mol. The maximum absolute atomic E-state index is 11.3. The number of thiophene rings is 1. The minimum Gasteiger partial charge on any atom is -0.384 e. The second-order valence-electron chi connectivity index (χ2n) is 5.69. The Morgan fingerprint density at radius 3 is 2.83 bits per heavy atom. The molecule has 1 aromatic carbocycles. The molecule has 0 spiro atoms. The summed E-state index contributed by atoms with van der Waals surface area (Å²) in [4.78, 5) is 0. The third kappa shape index (κ3) is 1.72. The van der Waals surface area contributed by atoms with Crippen molar-refractivity contribution >= 4 is 33.2 Å². The number of benzene rings is 1. The first-order chi connectivity index (χ1) is 8.55. The fourth-order valence-corrected chi connectivity index (χ4v) is 5.34. The number of fused-ring (bicyclic) bond motifs is 1. The largest absolute Gasteiger partial charge is 0.384 e. The third-order valence-electron chi connectivity index (χ3n) is 4.23. The normalized spacial score (nSPS) is 27.5. The Labute approximate surface area is 116 Å². The first-order valence-electron chi connectivity index (χ1n) is 6.31. The SMILES string of the molecule is CC1(C)CCSCC1(O)c1cccc2ccsc12. The van der Waals surface area contributed by atoms with Gasteiger partial charge in [-0.1, -0.05) is 32.0 Å². The molecular weight excluding hydrogens is 260 g/mol. The van der Waals surface area contributed by atoms with Crippen molar-refractivity contribution in [1.29, 1.82) is 0 Å². The van der Waals surface area contributed by atoms with Crippen LogP contribution in [-0.4, -0.2) is 16.6 Å². The molecule has 1 aromatic heterocycles. The summed E-state index contributed by atoms with van der Waals surface area (Å²) in [7, 11) is 0. The number of hydrogen-bond donors (Lipinski definition) is 1. The van der Waals surface area contributed by atoms with Gasteiger partial charge < -0.3 is 5.11 Å². The average Bonchev–Trinajstić information content (AvgIpc) is 2.80. The highest BCUT2D eigenvalue weighted by molar-refractivity contribution is 7.99. The second kappa shape index (κ2) is 4.26. The van der Waals surface area contributed by atoms with Crippen LogP contribution in [0.3, 0.4) is 0 Å². The molecule has 3 heteroatoms. The summed E-state index contributed by atoms with van der Waals surface area (Å²) in [6, 6.07) is 8.43. The van der Waals surface area contributed by atoms with Crippen molar-refractivity contribution in [1.82, 2.24) is 0 Å². The zero-order valence-corrected chi connectivity index (χ0v) is 12.4. The van der Waals surface area contributed by atoms with E-state index in [1.807, 2.05) is 11.8 Å². The van der Waals surface area contributed by atoms with Gasteiger partial charge in [0.25, 0.3) is 0 Å². The maximum Gasteiger partial charge on any atom is 0.105 e. The molecule has 0 radical (unpaired) electrons. The topological polar surface area (TPSA) is 20.2 Å². The van der Waals surface area contributed by atoms with E-state index in [1.165, 1.54) is 10.1 Å². The molecule has 1 aliphatic heterocycles. The Morgan fingerprint density at radius 1 is 1.22 bits per heavy atom. The molecule has 1 N–H and O–H groups in total. The Morgan fingerprint density at radius 2 is 2.06 bits per heavy atom. The summed E-state index contributed by atoms with van der Waals surface area (Å²) in [5.41, 5.74) is 0.351. The van der Waals surface area contributed by atoms with Crippen LogP contribution in [0.1, 0.15) is 25.8 Å². The van der Waals surface area contributed by atoms with E-state index in [-0.39, 0.29) is 5.41 Å². The molecule has 96 valence electrons. The van der Waals surface area contributed by atoms with Crippen molar-refractivity contribution in [3.8, 4) is 0 Å². The Hall–Kier alpha value is -0.510. The van der Waals surface area contributed by atoms with Gasteiger partial charge in [0.15, 0.2) is 0 Å². The third-order valence-corrected chi connectivity index (χ3v) is 6.30. The van der Waals surface area contributed by atoms with E-state index in [0.29, 0.717) is 0 Å². The van der Waals surface area contributed by atoms with E-state index in [4.69, 9.17) is 0 Å². The highest BCUT2D eigenvalue weighted by Crippen LogP contribution is 2.50. The summed E-state index contributed by atoms with van der Waals surface area (Å²) in [6.07, 6.45) is 1.07. The minimum absolute atomic E-state index is 0.0590. The van der Waals surface area contributed by atoms with Crippen LogP contribution in [0.5, 0.6) is 0 Å². The summed E-state index contributed by atoms with van der Waals surface area (Å²) >= 11 is 3.60. The van der Waals surface area contributed by atoms with Crippen LogP contribution in [-0.2, 0) is 5.60 Å². The molecule has 3 rings (SSSR count). The predicted octanol–water partition coefficient (Wildman–Crippen LogP) is 4.25. The first-order valence-corrected chi connectivity index (χ1v) is 8.35. The van der Waals surface area contributed by atoms with Crippen molar-refractivity contribution in [2.45, 2.75) is 25.9 Å². The zero-order chi connectivity index (χ0) is 12.8. The minimum atomic E-state index is -0.708. The molecule has 1 fully saturated rings. The predicted molar refractivity (Wildman–Crippen MR) is 81.4 cm³/mol. The molecule has 0 aliphatic carbocycles. The summed E-state index contributed by atoms with van der Waals surface area (Å²) in [6.45, 7) is 4.39. The fraction of sp³-hybridized carbons (Fsp3) is 0.467. The zero-order valence-electron chi connectivity index (χ0n) is 10.8. The van der Waals surface area contributed by atoms with Gasteiger partial charge in [0, 0.05) is 16.0 Å². The van der Waals surface area contributed by atoms with Crippen LogP contribution in [0.25, 0.3) is 10.1 Å². The molecular formula is C15H18OS2. The molecule has 2 aromatic rings. The molecule has 1 unspecified atom stereocenters. The van der Waals surface area contributed by atoms with Crippen LogP contribution >= 0.6 is 23.1 Å². The van der Waals surface area contributed by atoms with E-state index in [9.17, 15) is 5.11 Å². The summed E-state index contributed by atoms with van der Waals surface area (Å²) < 4.78 is 1.25. The van der Waals surface area contributed by atoms with Gasteiger partial charge in [-0.25, -0.2) is 0 Å². The van der Waals surface area contributed by atoms with Crippen LogP contribution in [0.4, 0.5) is 0 Å². The molecule has 2 heterocycles. The van der Waals surface area contributed by atoms with E-state index in [0.717, 1.165) is 23.5 Å². The molecule has 1 atom stereocenters. The van der Waals surface area contributed by atoms with E-state index >= 15 is 0 Å². The number of thioether (sulfide) groups is 1. The molecule has 18 heavy (non-hydrogen) atoms. The quantitative estimate of drug-likeness (QED) is 0.841. The lowest BCUT2D eigenvalue weighted by atomic mass is 9.70. The van der Waals surface area contributed by atoms with E-state index in [2.05, 4.69) is 43.5 Å². The van der Waals surface area contributed by atoms with Crippen molar-refractivity contribution in [2.75, 3.05) is 11.5 Å². The van der Waals surface area contributed by atoms with Gasteiger partial charge >= 0.3 is 0 Å². The van der Waals surface area contributed by atoms with Crippen LogP contribution in [0, 0.1) is 5.41 Å². The Bertz CT molecular complexity index is 573. The highest BCUT2D eigenvalue weighted by atomic mass is 32.2. The van der Waals surface area contributed by atoms with Gasteiger partial charge in [0.2, 0.25) is 0 Å². The molecule has 0 saturated carbocycles. The number of rotatable bonds is 1. The molecule has 1 aliphatic rings. The molecule has 0 amide bonds. The van der Waals surface area contributed by atoms with Crippen molar-refractivity contribution < 1.29 is 5.11 Å². The van der Waals surface area contributed by atoms with Gasteiger partial charge in [-0.15, -0.1) is 11.3 Å². The molecule has 1 saturated heterocycles. The van der Waals surface area contributed by atoms with Gasteiger partial charge in [-0.3, -0.25) is 0 Å². The van der Waals surface area contributed by atoms with Crippen LogP contribution < -0.4 is 0 Å². The lowest BCUT2D eigenvalue weighted by molar-refractivity contribution is -0.0565. The number of aliphatic hydroxyl groups is 1. The van der Waals surface area contributed by atoms with Gasteiger partial charge in [0.05, 0.1) is 0 Å². The average molecular weight is 278 g/mol. The first kappa shape index (κ1) is 12.5. The molecule has 0 bridgehead atoms. The maximum atomic E-state index is 11.3. The standard InChI is InChI=1S/C15H18OS2/c1-14(2)7-9-17-10-15(14,16)12-5-3-4-11-6-8-18-13(11)12/h3-6,8,16H,7,9-10H2,1-2H3. The van der Waals surface area contributed by atoms with Crippen molar-refractivity contribution in [3.63, 3.8) is 0 Å². The summed E-state index contributed by atoms with van der Waals surface area (Å²) in [5, 5.41) is 14.6. The van der Waals surface area contributed by atoms with E-state index < -0.39 is 5.60 Å². The Kier molecular flexibility index (Phi) is 2.96. The lowest BCUT2D eigenvalue weighted by Crippen LogP contribution is -2.47. The molecule has 1 nitrogen and oxygen atoms in total. The van der Waals surface area contributed by atoms with Crippen LogP contribution in [0.15, 0.2) is 29.6 Å².